The van der Waals surface area contributed by atoms with Crippen LogP contribution in [-0.4, -0.2) is 31.2 Å². The van der Waals surface area contributed by atoms with Crippen LogP contribution in [0.5, 0.6) is 0 Å². The molecule has 0 amide bonds. The van der Waals surface area contributed by atoms with Crippen molar-refractivity contribution in [2.24, 2.45) is 5.73 Å². The van der Waals surface area contributed by atoms with Gasteiger partial charge in [-0.05, 0) is 50.7 Å². The molecule has 0 radical (unpaired) electrons. The molecule has 1 fully saturated rings. The number of hydrogen-bond acceptors (Lipinski definition) is 4. The summed E-state index contributed by atoms with van der Waals surface area (Å²) in [6.45, 7) is 3.19. The van der Waals surface area contributed by atoms with Gasteiger partial charge in [0, 0.05) is 18.3 Å². The van der Waals surface area contributed by atoms with E-state index in [0.717, 1.165) is 19.4 Å². The maximum Gasteiger partial charge on any atom is 0.325 e. The topological polar surface area (TPSA) is 55.6 Å². The minimum Gasteiger partial charge on any atom is -0.468 e. The van der Waals surface area contributed by atoms with Crippen molar-refractivity contribution in [1.82, 2.24) is 0 Å². The molecule has 114 valence electrons. The van der Waals surface area contributed by atoms with Crippen LogP contribution in [0.4, 0.5) is 5.69 Å². The Kier molecular flexibility index (Phi) is 3.66. The Morgan fingerprint density at radius 3 is 3.05 bits per heavy atom. The van der Waals surface area contributed by atoms with Gasteiger partial charge in [-0.15, -0.1) is 0 Å². The van der Waals surface area contributed by atoms with Crippen molar-refractivity contribution in [1.29, 1.82) is 0 Å². The number of rotatable bonds is 2. The standard InChI is InChI=1S/C17H24N2O2/c1-12-5-6-15-13(10-12)4-3-9-19(15)14-7-8-17(18,11-14)16(20)21-2/h5-6,10,14H,3-4,7-9,11,18H2,1-2H3. The first kappa shape index (κ1) is 14.4. The molecule has 0 spiro atoms. The summed E-state index contributed by atoms with van der Waals surface area (Å²) in [6.07, 6.45) is 4.67. The SMILES string of the molecule is COC(=O)C1(N)CCC(N2CCCc3cc(C)ccc32)C1. The highest BCUT2D eigenvalue weighted by atomic mass is 16.5. The summed E-state index contributed by atoms with van der Waals surface area (Å²) < 4.78 is 4.88. The van der Waals surface area contributed by atoms with E-state index in [2.05, 4.69) is 30.0 Å². The van der Waals surface area contributed by atoms with Crippen molar-refractivity contribution in [3.8, 4) is 0 Å². The van der Waals surface area contributed by atoms with Gasteiger partial charge in [-0.2, -0.15) is 0 Å². The van der Waals surface area contributed by atoms with Crippen LogP contribution in [0.3, 0.4) is 0 Å². The van der Waals surface area contributed by atoms with Gasteiger partial charge < -0.3 is 15.4 Å². The number of nitrogens with two attached hydrogens (primary N) is 1. The van der Waals surface area contributed by atoms with Crippen LogP contribution in [0.15, 0.2) is 18.2 Å². The van der Waals surface area contributed by atoms with Crippen LogP contribution < -0.4 is 10.6 Å². The summed E-state index contributed by atoms with van der Waals surface area (Å²) in [5, 5.41) is 0. The second-order valence-electron chi connectivity index (χ2n) is 6.47. The first-order valence-corrected chi connectivity index (χ1v) is 7.77. The molecule has 0 saturated heterocycles. The highest BCUT2D eigenvalue weighted by Crippen LogP contribution is 2.38. The number of hydrogen-bond donors (Lipinski definition) is 1. The highest BCUT2D eigenvalue weighted by molar-refractivity contribution is 5.81. The lowest BCUT2D eigenvalue weighted by molar-refractivity contribution is -0.146. The predicted octanol–water partition coefficient (Wildman–Crippen LogP) is 2.17. The molecular formula is C17H24N2O2. The third-order valence-corrected chi connectivity index (χ3v) is 4.95. The molecule has 2 aliphatic rings. The minimum absolute atomic E-state index is 0.272. The van der Waals surface area contributed by atoms with Crippen LogP contribution in [-0.2, 0) is 16.0 Å². The Balaban J connectivity index is 1.83. The second-order valence-corrected chi connectivity index (χ2v) is 6.47. The number of benzene rings is 1. The molecule has 1 aromatic carbocycles. The third kappa shape index (κ3) is 2.53. The number of fused-ring (bicyclic) bond motifs is 1. The maximum absolute atomic E-state index is 11.9. The summed E-state index contributed by atoms with van der Waals surface area (Å²) in [7, 11) is 1.42. The zero-order valence-corrected chi connectivity index (χ0v) is 12.9. The van der Waals surface area contributed by atoms with Gasteiger partial charge in [0.05, 0.1) is 7.11 Å². The fourth-order valence-electron chi connectivity index (χ4n) is 3.84. The molecule has 3 rings (SSSR count). The minimum atomic E-state index is -0.804. The van der Waals surface area contributed by atoms with Gasteiger partial charge in [0.15, 0.2) is 0 Å². The molecule has 4 nitrogen and oxygen atoms in total. The molecule has 1 aliphatic heterocycles. The van der Waals surface area contributed by atoms with Crippen LogP contribution in [0.2, 0.25) is 0 Å². The van der Waals surface area contributed by atoms with Gasteiger partial charge in [0.1, 0.15) is 5.54 Å². The van der Waals surface area contributed by atoms with E-state index in [-0.39, 0.29) is 5.97 Å². The smallest absolute Gasteiger partial charge is 0.325 e. The monoisotopic (exact) mass is 288 g/mol. The summed E-state index contributed by atoms with van der Waals surface area (Å²) in [5.41, 5.74) is 9.51. The lowest BCUT2D eigenvalue weighted by Crippen LogP contribution is -2.48. The number of aryl methyl sites for hydroxylation is 2. The first-order valence-electron chi connectivity index (χ1n) is 7.77. The third-order valence-electron chi connectivity index (χ3n) is 4.95. The summed E-state index contributed by atoms with van der Waals surface area (Å²) in [5.74, 6) is -0.272. The van der Waals surface area contributed by atoms with Gasteiger partial charge in [-0.25, -0.2) is 0 Å². The van der Waals surface area contributed by atoms with Crippen molar-refractivity contribution in [3.63, 3.8) is 0 Å². The molecular weight excluding hydrogens is 264 g/mol. The number of esters is 1. The number of methoxy groups -OCH3 is 1. The quantitative estimate of drug-likeness (QED) is 0.847. The normalized spacial score (nSPS) is 28.3. The average Bonchev–Trinajstić information content (AvgIpc) is 2.89. The number of anilines is 1. The lowest BCUT2D eigenvalue weighted by atomic mass is 9.96. The van der Waals surface area contributed by atoms with Crippen molar-refractivity contribution < 1.29 is 9.53 Å². The Labute approximate surface area is 126 Å². The molecule has 0 bridgehead atoms. The highest BCUT2D eigenvalue weighted by Gasteiger charge is 2.45. The molecule has 0 aromatic heterocycles. The van der Waals surface area contributed by atoms with E-state index in [1.807, 2.05) is 0 Å². The molecule has 1 heterocycles. The fraction of sp³-hybridized carbons (Fsp3) is 0.588. The molecule has 2 N–H and O–H groups in total. The maximum atomic E-state index is 11.9. The second kappa shape index (κ2) is 5.34. The van der Waals surface area contributed by atoms with E-state index in [1.165, 1.54) is 30.3 Å². The number of carbonyl (C=O) groups excluding carboxylic acids is 1. The Morgan fingerprint density at radius 1 is 1.48 bits per heavy atom. The molecule has 4 heteroatoms. The lowest BCUT2D eigenvalue weighted by Gasteiger charge is -2.37. The molecule has 2 unspecified atom stereocenters. The largest absolute Gasteiger partial charge is 0.468 e. The zero-order chi connectivity index (χ0) is 15.0. The van der Waals surface area contributed by atoms with Crippen LogP contribution in [0, 0.1) is 6.92 Å². The zero-order valence-electron chi connectivity index (χ0n) is 12.9. The van der Waals surface area contributed by atoms with Crippen LogP contribution >= 0.6 is 0 Å². The van der Waals surface area contributed by atoms with E-state index >= 15 is 0 Å². The van der Waals surface area contributed by atoms with Gasteiger partial charge in [0.2, 0.25) is 0 Å². The van der Waals surface area contributed by atoms with Crippen molar-refractivity contribution in [2.45, 2.75) is 50.6 Å². The van der Waals surface area contributed by atoms with Crippen LogP contribution in [0.1, 0.15) is 36.8 Å². The predicted molar refractivity (Wildman–Crippen MR) is 83.4 cm³/mol. The van der Waals surface area contributed by atoms with E-state index in [4.69, 9.17) is 10.5 Å². The number of ether oxygens (including phenoxy) is 1. The van der Waals surface area contributed by atoms with Crippen molar-refractivity contribution in [2.75, 3.05) is 18.6 Å². The molecule has 21 heavy (non-hydrogen) atoms. The summed E-state index contributed by atoms with van der Waals surface area (Å²) in [4.78, 5) is 14.3. The first-order chi connectivity index (χ1) is 10.0. The number of nitrogens with zero attached hydrogens (tertiary/aromatic N) is 1. The van der Waals surface area contributed by atoms with Gasteiger partial charge >= 0.3 is 5.97 Å². The molecule has 1 saturated carbocycles. The van der Waals surface area contributed by atoms with Gasteiger partial charge in [-0.3, -0.25) is 4.79 Å². The van der Waals surface area contributed by atoms with E-state index in [9.17, 15) is 4.79 Å². The fourth-order valence-corrected chi connectivity index (χ4v) is 3.84. The van der Waals surface area contributed by atoms with E-state index in [1.54, 1.807) is 0 Å². The average molecular weight is 288 g/mol. The summed E-state index contributed by atoms with van der Waals surface area (Å²) >= 11 is 0. The Hall–Kier alpha value is -1.55. The van der Waals surface area contributed by atoms with E-state index < -0.39 is 5.54 Å². The van der Waals surface area contributed by atoms with Crippen molar-refractivity contribution >= 4 is 11.7 Å². The molecule has 1 aliphatic carbocycles. The van der Waals surface area contributed by atoms with E-state index in [0.29, 0.717) is 18.9 Å². The Bertz CT molecular complexity index is 558. The molecule has 1 aromatic rings. The van der Waals surface area contributed by atoms with Crippen LogP contribution in [0.25, 0.3) is 0 Å². The summed E-state index contributed by atoms with van der Waals surface area (Å²) in [6, 6.07) is 7.02. The van der Waals surface area contributed by atoms with Crippen molar-refractivity contribution in [3.05, 3.63) is 29.3 Å². The van der Waals surface area contributed by atoms with Gasteiger partial charge in [-0.1, -0.05) is 17.7 Å². The number of carbonyl (C=O) groups is 1. The van der Waals surface area contributed by atoms with Gasteiger partial charge in [0.25, 0.3) is 0 Å². The molecule has 2 atom stereocenters. The Morgan fingerprint density at radius 2 is 2.29 bits per heavy atom.